The van der Waals surface area contributed by atoms with E-state index in [1.165, 1.54) is 18.5 Å². The lowest BCUT2D eigenvalue weighted by Gasteiger charge is -2.28. The molecule has 176 valence electrons. The average molecular weight is 483 g/mol. The summed E-state index contributed by atoms with van der Waals surface area (Å²) in [5.74, 6) is 0.319. The van der Waals surface area contributed by atoms with Gasteiger partial charge in [0.15, 0.2) is 0 Å². The van der Waals surface area contributed by atoms with Gasteiger partial charge in [0.05, 0.1) is 18.6 Å². The number of fused-ring (bicyclic) bond motifs is 1. The maximum absolute atomic E-state index is 13.9. The third-order valence-corrected chi connectivity index (χ3v) is 6.09. The number of hydrogen-bond donors (Lipinski definition) is 1. The number of aliphatic hydroxyl groups excluding tert-OH is 1. The Balaban J connectivity index is 1.36. The molecule has 1 fully saturated rings. The lowest BCUT2D eigenvalue weighted by atomic mass is 10.1. The van der Waals surface area contributed by atoms with Crippen molar-refractivity contribution in [3.63, 3.8) is 0 Å². The number of nitrogens with zero attached hydrogens (tertiary/aromatic N) is 4. The minimum atomic E-state index is -0.585. The number of morpholine rings is 1. The van der Waals surface area contributed by atoms with E-state index in [-0.39, 0.29) is 12.4 Å². The van der Waals surface area contributed by atoms with Gasteiger partial charge in [-0.25, -0.2) is 14.4 Å². The van der Waals surface area contributed by atoms with E-state index in [2.05, 4.69) is 14.9 Å². The Morgan fingerprint density at radius 1 is 1.12 bits per heavy atom. The highest BCUT2D eigenvalue weighted by molar-refractivity contribution is 6.35. The van der Waals surface area contributed by atoms with Crippen LogP contribution in [0.15, 0.2) is 61.1 Å². The van der Waals surface area contributed by atoms with Gasteiger partial charge < -0.3 is 19.1 Å². The third kappa shape index (κ3) is 4.90. The molecule has 34 heavy (non-hydrogen) atoms. The summed E-state index contributed by atoms with van der Waals surface area (Å²) in [7, 11) is 0. The number of halogens is 2. The second-order valence-corrected chi connectivity index (χ2v) is 8.52. The summed E-state index contributed by atoms with van der Waals surface area (Å²) < 4.78 is 26.8. The van der Waals surface area contributed by atoms with Crippen LogP contribution >= 0.6 is 11.6 Å². The molecular formula is C25H24ClFN4O3. The average Bonchev–Trinajstić information content (AvgIpc) is 3.25. The minimum Gasteiger partial charge on any atom is -0.491 e. The predicted molar refractivity (Wildman–Crippen MR) is 128 cm³/mol. The molecule has 1 unspecified atom stereocenters. The molecule has 1 aliphatic heterocycles. The molecule has 3 heterocycles. The van der Waals surface area contributed by atoms with Crippen molar-refractivity contribution in [2.24, 2.45) is 0 Å². The zero-order valence-corrected chi connectivity index (χ0v) is 19.2. The van der Waals surface area contributed by atoms with Gasteiger partial charge in [0, 0.05) is 37.1 Å². The third-order valence-electron chi connectivity index (χ3n) is 5.80. The molecule has 0 saturated carbocycles. The van der Waals surface area contributed by atoms with Crippen molar-refractivity contribution in [2.75, 3.05) is 39.5 Å². The van der Waals surface area contributed by atoms with Crippen LogP contribution in [-0.2, 0) is 4.74 Å². The number of aromatic nitrogens is 3. The molecule has 1 N–H and O–H groups in total. The quantitative estimate of drug-likeness (QED) is 0.402. The van der Waals surface area contributed by atoms with Crippen molar-refractivity contribution >= 4 is 22.6 Å². The molecule has 9 heteroatoms. The molecule has 0 spiro atoms. The van der Waals surface area contributed by atoms with E-state index in [0.29, 0.717) is 47.4 Å². The minimum absolute atomic E-state index is 0.204. The second kappa shape index (κ2) is 10.1. The highest BCUT2D eigenvalue weighted by Gasteiger charge is 2.18. The molecule has 0 amide bonds. The van der Waals surface area contributed by atoms with Gasteiger partial charge in [-0.3, -0.25) is 4.90 Å². The summed E-state index contributed by atoms with van der Waals surface area (Å²) >= 11 is 6.44. The number of ether oxygens (including phenoxy) is 2. The molecule has 5 rings (SSSR count). The van der Waals surface area contributed by atoms with Gasteiger partial charge in [0.25, 0.3) is 0 Å². The largest absolute Gasteiger partial charge is 0.491 e. The van der Waals surface area contributed by atoms with E-state index in [4.69, 9.17) is 21.1 Å². The number of aliphatic hydroxyl groups is 1. The van der Waals surface area contributed by atoms with Crippen LogP contribution in [0.4, 0.5) is 4.39 Å². The summed E-state index contributed by atoms with van der Waals surface area (Å²) in [6.45, 7) is 3.79. The maximum atomic E-state index is 13.9. The summed E-state index contributed by atoms with van der Waals surface area (Å²) in [4.78, 5) is 10.7. The molecule has 4 aromatic rings. The van der Waals surface area contributed by atoms with Gasteiger partial charge in [-0.05, 0) is 35.9 Å². The van der Waals surface area contributed by atoms with Crippen LogP contribution in [-0.4, -0.2) is 70.1 Å². The van der Waals surface area contributed by atoms with Gasteiger partial charge in [0.2, 0.25) is 0 Å². The first-order chi connectivity index (χ1) is 16.6. The molecule has 0 aliphatic carbocycles. The molecule has 1 saturated heterocycles. The number of β-amino-alcohol motifs (C(OH)–C–C–N with tert-alkyl or cyclic N) is 1. The number of hydrogen-bond acceptors (Lipinski definition) is 6. The zero-order valence-electron chi connectivity index (χ0n) is 18.4. The summed E-state index contributed by atoms with van der Waals surface area (Å²) in [6.07, 6.45) is 2.68. The molecule has 0 bridgehead atoms. The molecule has 2 aromatic heterocycles. The van der Waals surface area contributed by atoms with Crippen molar-refractivity contribution in [1.29, 1.82) is 0 Å². The normalized spacial score (nSPS) is 15.5. The van der Waals surface area contributed by atoms with Gasteiger partial charge in [-0.1, -0.05) is 29.8 Å². The Kier molecular flexibility index (Phi) is 6.73. The Morgan fingerprint density at radius 3 is 2.68 bits per heavy atom. The molecule has 0 radical (unpaired) electrons. The molecule has 1 atom stereocenters. The van der Waals surface area contributed by atoms with Crippen LogP contribution in [0, 0.1) is 5.82 Å². The van der Waals surface area contributed by atoms with E-state index in [9.17, 15) is 9.50 Å². The molecule has 7 nitrogen and oxygen atoms in total. The SMILES string of the molecule is OC(COc1ccc(-c2cn(-c3cccc(F)c3)c3ncnc(Cl)c23)cc1)CN1CCOCC1. The summed E-state index contributed by atoms with van der Waals surface area (Å²) in [6, 6.07) is 13.8. The summed E-state index contributed by atoms with van der Waals surface area (Å²) in [5, 5.41) is 11.3. The number of rotatable bonds is 7. The van der Waals surface area contributed by atoms with E-state index < -0.39 is 6.10 Å². The topological polar surface area (TPSA) is 72.6 Å². The van der Waals surface area contributed by atoms with Crippen molar-refractivity contribution in [3.05, 3.63) is 72.0 Å². The Labute approximate surface area is 201 Å². The van der Waals surface area contributed by atoms with Gasteiger partial charge in [-0.2, -0.15) is 0 Å². The van der Waals surface area contributed by atoms with Gasteiger partial charge in [0.1, 0.15) is 41.4 Å². The first-order valence-corrected chi connectivity index (χ1v) is 11.4. The van der Waals surface area contributed by atoms with Crippen molar-refractivity contribution in [3.8, 4) is 22.6 Å². The lowest BCUT2D eigenvalue weighted by Crippen LogP contribution is -2.42. The van der Waals surface area contributed by atoms with Crippen molar-refractivity contribution < 1.29 is 19.0 Å². The zero-order chi connectivity index (χ0) is 23.5. The predicted octanol–water partition coefficient (Wildman–Crippen LogP) is 3.95. The van der Waals surface area contributed by atoms with Crippen molar-refractivity contribution in [1.82, 2.24) is 19.4 Å². The smallest absolute Gasteiger partial charge is 0.150 e. The van der Waals surface area contributed by atoms with E-state index in [1.54, 1.807) is 10.6 Å². The maximum Gasteiger partial charge on any atom is 0.150 e. The standard InChI is InChI=1S/C25H24ClFN4O3/c26-24-23-22(14-31(25(23)29-16-28-24)19-3-1-2-18(27)12-19)17-4-6-21(7-5-17)34-15-20(32)13-30-8-10-33-11-9-30/h1-7,12,14,16,20,32H,8-11,13,15H2. The molecular weight excluding hydrogens is 459 g/mol. The van der Waals surface area contributed by atoms with Crippen LogP contribution in [0.2, 0.25) is 5.15 Å². The fourth-order valence-corrected chi connectivity index (χ4v) is 4.35. The Hall–Kier alpha value is -3.04. The first-order valence-electron chi connectivity index (χ1n) is 11.1. The highest BCUT2D eigenvalue weighted by Crippen LogP contribution is 2.35. The summed E-state index contributed by atoms with van der Waals surface area (Å²) in [5.41, 5.74) is 2.94. The number of benzene rings is 2. The fourth-order valence-electron chi connectivity index (χ4n) is 4.12. The highest BCUT2D eigenvalue weighted by atomic mass is 35.5. The molecule has 2 aromatic carbocycles. The van der Waals surface area contributed by atoms with E-state index >= 15 is 0 Å². The van der Waals surface area contributed by atoms with Crippen LogP contribution in [0.3, 0.4) is 0 Å². The lowest BCUT2D eigenvalue weighted by molar-refractivity contribution is 0.00466. The fraction of sp³-hybridized carbons (Fsp3) is 0.280. The Bertz CT molecular complexity index is 1280. The van der Waals surface area contributed by atoms with Crippen LogP contribution in [0.5, 0.6) is 5.75 Å². The first kappa shape index (κ1) is 22.7. The van der Waals surface area contributed by atoms with Gasteiger partial charge in [-0.15, -0.1) is 0 Å². The Morgan fingerprint density at radius 2 is 1.91 bits per heavy atom. The van der Waals surface area contributed by atoms with E-state index in [0.717, 1.165) is 24.2 Å². The molecule has 1 aliphatic rings. The van der Waals surface area contributed by atoms with Crippen LogP contribution in [0.25, 0.3) is 27.8 Å². The van der Waals surface area contributed by atoms with E-state index in [1.807, 2.05) is 36.5 Å². The van der Waals surface area contributed by atoms with Crippen molar-refractivity contribution in [2.45, 2.75) is 6.10 Å². The monoisotopic (exact) mass is 482 g/mol. The van der Waals surface area contributed by atoms with Crippen LogP contribution < -0.4 is 4.74 Å². The van der Waals surface area contributed by atoms with Crippen LogP contribution in [0.1, 0.15) is 0 Å². The second-order valence-electron chi connectivity index (χ2n) is 8.16. The van der Waals surface area contributed by atoms with Gasteiger partial charge >= 0.3 is 0 Å².